The fourth-order valence-corrected chi connectivity index (χ4v) is 4.74. The number of benzene rings is 3. The van der Waals surface area contributed by atoms with Crippen LogP contribution in [0.2, 0.25) is 0 Å². The van der Waals surface area contributed by atoms with Gasteiger partial charge in [-0.2, -0.15) is 13.2 Å². The molecule has 3 aromatic rings. The van der Waals surface area contributed by atoms with Crippen LogP contribution in [0.15, 0.2) is 48.5 Å². The molecule has 0 aliphatic heterocycles. The van der Waals surface area contributed by atoms with E-state index in [1.807, 2.05) is 24.3 Å². The maximum absolute atomic E-state index is 14.7. The second-order valence-corrected chi connectivity index (χ2v) is 9.54. The van der Waals surface area contributed by atoms with E-state index in [0.29, 0.717) is 5.56 Å². The molecule has 1 atom stereocenters. The Bertz CT molecular complexity index is 1470. The van der Waals surface area contributed by atoms with Gasteiger partial charge in [-0.25, -0.2) is 13.2 Å². The largest absolute Gasteiger partial charge is 0.458 e. The van der Waals surface area contributed by atoms with E-state index in [1.54, 1.807) is 0 Å². The molecule has 0 heterocycles. The van der Waals surface area contributed by atoms with Gasteiger partial charge in [0.05, 0.1) is 10.9 Å². The third-order valence-electron chi connectivity index (χ3n) is 6.75. The van der Waals surface area contributed by atoms with Crippen molar-refractivity contribution in [1.82, 2.24) is 0 Å². The number of unbranched alkanes of at least 4 members (excludes halogenated alkanes) is 2. The van der Waals surface area contributed by atoms with Crippen molar-refractivity contribution in [2.45, 2.75) is 58.0 Å². The zero-order chi connectivity index (χ0) is 27.3. The predicted molar refractivity (Wildman–Crippen MR) is 139 cm³/mol. The van der Waals surface area contributed by atoms with Crippen LogP contribution in [0.25, 0.3) is 16.3 Å². The van der Waals surface area contributed by atoms with Crippen molar-refractivity contribution in [2.24, 2.45) is 5.92 Å². The average molecular weight is 525 g/mol. The van der Waals surface area contributed by atoms with Gasteiger partial charge in [0, 0.05) is 17.0 Å². The van der Waals surface area contributed by atoms with Gasteiger partial charge in [-0.1, -0.05) is 68.6 Å². The van der Waals surface area contributed by atoms with Crippen molar-refractivity contribution in [3.63, 3.8) is 0 Å². The van der Waals surface area contributed by atoms with Crippen LogP contribution in [0.4, 0.5) is 26.3 Å². The molecule has 0 bridgehead atoms. The average Bonchev–Trinajstić information content (AvgIpc) is 2.87. The van der Waals surface area contributed by atoms with Crippen LogP contribution in [-0.4, -0.2) is 6.18 Å². The zero-order valence-corrected chi connectivity index (χ0v) is 20.9. The van der Waals surface area contributed by atoms with Gasteiger partial charge in [-0.3, -0.25) is 0 Å². The topological polar surface area (TPSA) is 0 Å². The number of alkyl halides is 3. The fourth-order valence-electron chi connectivity index (χ4n) is 4.74. The third-order valence-corrected chi connectivity index (χ3v) is 6.75. The Balaban J connectivity index is 1.52. The van der Waals surface area contributed by atoms with Gasteiger partial charge in [-0.05, 0) is 72.0 Å². The van der Waals surface area contributed by atoms with Crippen molar-refractivity contribution in [3.05, 3.63) is 88.2 Å². The Morgan fingerprint density at radius 3 is 2.26 bits per heavy atom. The van der Waals surface area contributed by atoms with Gasteiger partial charge in [0.25, 0.3) is 0 Å². The smallest absolute Gasteiger partial charge is 0.206 e. The van der Waals surface area contributed by atoms with Crippen LogP contribution in [0.5, 0.6) is 0 Å². The molecular weight excluding hydrogens is 498 g/mol. The van der Waals surface area contributed by atoms with Gasteiger partial charge in [0.15, 0.2) is 5.82 Å². The standard InChI is InChI=1S/C32H26F6/c1-2-3-4-5-21-8-12-24(13-9-21)25-14-10-22(11-15-25)6-7-23-18-26-20-28(33)27(16-17-32(36,37)38)31(35)30(26)29(34)19-23/h10-12,14-15,18-21H,2-5,8-9,13H2,1H3. The molecule has 0 N–H and O–H groups in total. The quantitative estimate of drug-likeness (QED) is 0.177. The number of halogens is 6. The summed E-state index contributed by atoms with van der Waals surface area (Å²) < 4.78 is 80.6. The molecule has 1 unspecified atom stereocenters. The second-order valence-electron chi connectivity index (χ2n) is 9.54. The van der Waals surface area contributed by atoms with Crippen molar-refractivity contribution >= 4 is 16.3 Å². The molecule has 0 saturated carbocycles. The van der Waals surface area contributed by atoms with Gasteiger partial charge in [0.1, 0.15) is 11.6 Å². The maximum atomic E-state index is 14.7. The van der Waals surface area contributed by atoms with Gasteiger partial charge in [-0.15, -0.1) is 0 Å². The molecular formula is C32H26F6. The van der Waals surface area contributed by atoms with Crippen molar-refractivity contribution in [2.75, 3.05) is 0 Å². The van der Waals surface area contributed by atoms with E-state index in [1.165, 1.54) is 49.7 Å². The molecule has 0 nitrogen and oxygen atoms in total. The molecule has 1 aliphatic rings. The summed E-state index contributed by atoms with van der Waals surface area (Å²) in [7, 11) is 0. The van der Waals surface area contributed by atoms with Gasteiger partial charge in [0.2, 0.25) is 0 Å². The minimum atomic E-state index is -4.94. The normalized spacial score (nSPS) is 15.3. The molecule has 0 aromatic heterocycles. The molecule has 6 heteroatoms. The van der Waals surface area contributed by atoms with Crippen LogP contribution in [0.1, 0.15) is 74.1 Å². The summed E-state index contributed by atoms with van der Waals surface area (Å²) in [6.45, 7) is 2.22. The Morgan fingerprint density at radius 1 is 0.868 bits per heavy atom. The van der Waals surface area contributed by atoms with E-state index in [0.717, 1.165) is 42.4 Å². The minimum Gasteiger partial charge on any atom is -0.206 e. The lowest BCUT2D eigenvalue weighted by molar-refractivity contribution is -0.0696. The first kappa shape index (κ1) is 27.4. The lowest BCUT2D eigenvalue weighted by atomic mass is 9.84. The lowest BCUT2D eigenvalue weighted by Gasteiger charge is -2.22. The van der Waals surface area contributed by atoms with E-state index >= 15 is 0 Å². The molecule has 196 valence electrons. The molecule has 0 amide bonds. The first-order valence-corrected chi connectivity index (χ1v) is 12.7. The van der Waals surface area contributed by atoms with Crippen LogP contribution in [0.3, 0.4) is 0 Å². The highest BCUT2D eigenvalue weighted by atomic mass is 19.4. The summed E-state index contributed by atoms with van der Waals surface area (Å²) in [4.78, 5) is 0. The van der Waals surface area contributed by atoms with Crippen molar-refractivity contribution < 1.29 is 26.3 Å². The molecule has 0 radical (unpaired) electrons. The van der Waals surface area contributed by atoms with E-state index in [-0.39, 0.29) is 10.9 Å². The second kappa shape index (κ2) is 11.8. The van der Waals surface area contributed by atoms with E-state index in [4.69, 9.17) is 0 Å². The minimum absolute atomic E-state index is 0.158. The summed E-state index contributed by atoms with van der Waals surface area (Å²) in [6.07, 6.45) is 5.85. The molecule has 3 aromatic carbocycles. The van der Waals surface area contributed by atoms with E-state index < -0.39 is 34.6 Å². The molecule has 38 heavy (non-hydrogen) atoms. The van der Waals surface area contributed by atoms with E-state index in [9.17, 15) is 26.3 Å². The Kier molecular flexibility index (Phi) is 8.52. The molecule has 1 aliphatic carbocycles. The van der Waals surface area contributed by atoms with Crippen LogP contribution >= 0.6 is 0 Å². The SMILES string of the molecule is CCCCCC1CC=C(c2ccc(C#Cc3cc(F)c4c(F)c(C#CC(F)(F)F)c(F)cc4c3)cc2)CC1. The molecule has 0 saturated heterocycles. The first-order chi connectivity index (χ1) is 18.1. The number of fused-ring (bicyclic) bond motifs is 1. The maximum Gasteiger partial charge on any atom is 0.458 e. The van der Waals surface area contributed by atoms with Gasteiger partial charge < -0.3 is 0 Å². The first-order valence-electron chi connectivity index (χ1n) is 12.7. The Labute approximate surface area is 218 Å². The number of hydrogen-bond donors (Lipinski definition) is 0. The van der Waals surface area contributed by atoms with Gasteiger partial charge >= 0.3 is 6.18 Å². The Morgan fingerprint density at radius 2 is 1.61 bits per heavy atom. The van der Waals surface area contributed by atoms with Crippen molar-refractivity contribution in [3.8, 4) is 23.7 Å². The monoisotopic (exact) mass is 524 g/mol. The fraction of sp³-hybridized carbons (Fsp3) is 0.312. The summed E-state index contributed by atoms with van der Waals surface area (Å²) in [5.74, 6) is 4.86. The highest BCUT2D eigenvalue weighted by Crippen LogP contribution is 2.33. The predicted octanol–water partition coefficient (Wildman–Crippen LogP) is 9.33. The highest BCUT2D eigenvalue weighted by Gasteiger charge is 2.24. The summed E-state index contributed by atoms with van der Waals surface area (Å²) >= 11 is 0. The van der Waals surface area contributed by atoms with Crippen LogP contribution < -0.4 is 0 Å². The Hall–Kier alpha value is -3.64. The van der Waals surface area contributed by atoms with Crippen LogP contribution in [-0.2, 0) is 0 Å². The lowest BCUT2D eigenvalue weighted by Crippen LogP contribution is -2.05. The van der Waals surface area contributed by atoms with E-state index in [2.05, 4.69) is 24.8 Å². The van der Waals surface area contributed by atoms with Crippen molar-refractivity contribution in [1.29, 1.82) is 0 Å². The van der Waals surface area contributed by atoms with Crippen LogP contribution in [0, 0.1) is 47.1 Å². The number of hydrogen-bond acceptors (Lipinski definition) is 0. The summed E-state index contributed by atoms with van der Waals surface area (Å²) in [6, 6.07) is 10.8. The molecule has 0 spiro atoms. The summed E-state index contributed by atoms with van der Waals surface area (Å²) in [5, 5.41) is -0.796. The molecule has 4 rings (SSSR count). The number of allylic oxidation sites excluding steroid dienone is 2. The summed E-state index contributed by atoms with van der Waals surface area (Å²) in [5.41, 5.74) is 2.22. The zero-order valence-electron chi connectivity index (χ0n) is 20.9. The highest BCUT2D eigenvalue weighted by molar-refractivity contribution is 5.87. The molecule has 0 fully saturated rings. The number of rotatable bonds is 5. The third kappa shape index (κ3) is 6.81.